The Kier molecular flexibility index (Phi) is 5.25. The molecule has 1 aliphatic rings. The van der Waals surface area contributed by atoms with Gasteiger partial charge in [0.25, 0.3) is 0 Å². The van der Waals surface area contributed by atoms with Gasteiger partial charge in [-0.1, -0.05) is 44.4 Å². The van der Waals surface area contributed by atoms with Gasteiger partial charge >= 0.3 is 0 Å². The van der Waals surface area contributed by atoms with E-state index in [1.807, 2.05) is 0 Å². The van der Waals surface area contributed by atoms with Crippen molar-refractivity contribution in [1.29, 1.82) is 0 Å². The highest BCUT2D eigenvalue weighted by Gasteiger charge is 2.22. The van der Waals surface area contributed by atoms with Gasteiger partial charge in [-0.2, -0.15) is 0 Å². The molecule has 1 aliphatic carbocycles. The summed E-state index contributed by atoms with van der Waals surface area (Å²) >= 11 is 0. The molecule has 0 atom stereocenters. The standard InChI is InChI=1S/C25H23F3/c1-2-3-4-5-6-16-7-8-22-17(9-16)10-18-13-24(25(28)15-23(18)22)19-11-20(26)14-21(27)12-19/h7-9,11-15H,2-6,10H2,1H3. The highest BCUT2D eigenvalue weighted by molar-refractivity contribution is 5.80. The van der Waals surface area contributed by atoms with Crippen LogP contribution in [0.15, 0.2) is 48.5 Å². The predicted molar refractivity (Wildman–Crippen MR) is 108 cm³/mol. The first kappa shape index (κ1) is 18.8. The zero-order chi connectivity index (χ0) is 19.7. The Labute approximate surface area is 164 Å². The molecule has 0 unspecified atom stereocenters. The predicted octanol–water partition coefficient (Wildman–Crippen LogP) is 7.46. The average molecular weight is 380 g/mol. The molecule has 0 saturated carbocycles. The van der Waals surface area contributed by atoms with E-state index >= 15 is 0 Å². The number of unbranched alkanes of at least 4 members (excludes halogenated alkanes) is 3. The lowest BCUT2D eigenvalue weighted by molar-refractivity contribution is 0.583. The molecule has 0 radical (unpaired) electrons. The van der Waals surface area contributed by atoms with Crippen molar-refractivity contribution in [3.8, 4) is 22.3 Å². The maximum absolute atomic E-state index is 14.8. The van der Waals surface area contributed by atoms with Crippen molar-refractivity contribution in [1.82, 2.24) is 0 Å². The fraction of sp³-hybridized carbons (Fsp3) is 0.280. The van der Waals surface area contributed by atoms with E-state index < -0.39 is 17.5 Å². The fourth-order valence-electron chi connectivity index (χ4n) is 4.12. The minimum Gasteiger partial charge on any atom is -0.207 e. The molecular weight excluding hydrogens is 357 g/mol. The Morgan fingerprint density at radius 1 is 0.714 bits per heavy atom. The Bertz CT molecular complexity index is 1000. The monoisotopic (exact) mass is 380 g/mol. The first-order valence-corrected chi connectivity index (χ1v) is 9.96. The van der Waals surface area contributed by atoms with Crippen molar-refractivity contribution in [2.45, 2.75) is 45.4 Å². The second-order valence-corrected chi connectivity index (χ2v) is 7.63. The Hall–Kier alpha value is -2.55. The van der Waals surface area contributed by atoms with Gasteiger partial charge in [-0.3, -0.25) is 0 Å². The van der Waals surface area contributed by atoms with Crippen molar-refractivity contribution in [2.24, 2.45) is 0 Å². The van der Waals surface area contributed by atoms with Crippen LogP contribution in [0.25, 0.3) is 22.3 Å². The van der Waals surface area contributed by atoms with Crippen molar-refractivity contribution in [2.75, 3.05) is 0 Å². The van der Waals surface area contributed by atoms with Gasteiger partial charge in [-0.25, -0.2) is 13.2 Å². The molecule has 0 amide bonds. The van der Waals surface area contributed by atoms with Gasteiger partial charge in [-0.15, -0.1) is 0 Å². The lowest BCUT2D eigenvalue weighted by Crippen LogP contribution is -1.91. The van der Waals surface area contributed by atoms with Crippen LogP contribution in [0.2, 0.25) is 0 Å². The van der Waals surface area contributed by atoms with E-state index in [1.165, 1.54) is 55.0 Å². The smallest absolute Gasteiger partial charge is 0.131 e. The van der Waals surface area contributed by atoms with Crippen LogP contribution in [0, 0.1) is 17.5 Å². The van der Waals surface area contributed by atoms with E-state index in [0.717, 1.165) is 35.6 Å². The summed E-state index contributed by atoms with van der Waals surface area (Å²) in [6.45, 7) is 2.21. The molecule has 3 aromatic carbocycles. The Morgan fingerprint density at radius 2 is 1.46 bits per heavy atom. The molecule has 3 aromatic rings. The summed E-state index contributed by atoms with van der Waals surface area (Å²) in [6.07, 6.45) is 6.70. The maximum atomic E-state index is 14.8. The number of hydrogen-bond acceptors (Lipinski definition) is 0. The third-order valence-electron chi connectivity index (χ3n) is 5.53. The van der Waals surface area contributed by atoms with Crippen molar-refractivity contribution < 1.29 is 13.2 Å². The topological polar surface area (TPSA) is 0 Å². The molecule has 0 bridgehead atoms. The van der Waals surface area contributed by atoms with Gasteiger partial charge in [0.15, 0.2) is 0 Å². The highest BCUT2D eigenvalue weighted by Crippen LogP contribution is 2.40. The molecule has 0 heterocycles. The zero-order valence-electron chi connectivity index (χ0n) is 16.0. The molecule has 28 heavy (non-hydrogen) atoms. The quantitative estimate of drug-likeness (QED) is 0.304. The van der Waals surface area contributed by atoms with Crippen molar-refractivity contribution in [3.63, 3.8) is 0 Å². The largest absolute Gasteiger partial charge is 0.207 e. The van der Waals surface area contributed by atoms with Crippen LogP contribution in [0.3, 0.4) is 0 Å². The van der Waals surface area contributed by atoms with Gasteiger partial charge in [0.05, 0.1) is 0 Å². The first-order valence-electron chi connectivity index (χ1n) is 9.96. The molecular formula is C25H23F3. The fourth-order valence-corrected chi connectivity index (χ4v) is 4.12. The molecule has 0 nitrogen and oxygen atoms in total. The van der Waals surface area contributed by atoms with Crippen LogP contribution in [-0.4, -0.2) is 0 Å². The second-order valence-electron chi connectivity index (χ2n) is 7.63. The summed E-state index contributed by atoms with van der Waals surface area (Å²) < 4.78 is 41.9. The van der Waals surface area contributed by atoms with Crippen molar-refractivity contribution >= 4 is 0 Å². The van der Waals surface area contributed by atoms with E-state index in [1.54, 1.807) is 6.07 Å². The van der Waals surface area contributed by atoms with Crippen LogP contribution < -0.4 is 0 Å². The number of aryl methyl sites for hydroxylation is 1. The summed E-state index contributed by atoms with van der Waals surface area (Å²) in [4.78, 5) is 0. The maximum Gasteiger partial charge on any atom is 0.131 e. The Balaban J connectivity index is 1.63. The molecule has 0 aliphatic heterocycles. The van der Waals surface area contributed by atoms with Gasteiger partial charge in [0.1, 0.15) is 17.5 Å². The third kappa shape index (κ3) is 3.71. The molecule has 144 valence electrons. The third-order valence-corrected chi connectivity index (χ3v) is 5.53. The summed E-state index contributed by atoms with van der Waals surface area (Å²) in [5, 5.41) is 0. The van der Waals surface area contributed by atoms with E-state index in [0.29, 0.717) is 0 Å². The Morgan fingerprint density at radius 3 is 2.21 bits per heavy atom. The van der Waals surface area contributed by atoms with Gasteiger partial charge in [-0.05, 0) is 76.9 Å². The summed E-state index contributed by atoms with van der Waals surface area (Å²) in [5.41, 5.74) is 5.92. The van der Waals surface area contributed by atoms with Crippen LogP contribution in [0.4, 0.5) is 13.2 Å². The highest BCUT2D eigenvalue weighted by atomic mass is 19.1. The number of rotatable bonds is 6. The van der Waals surface area contributed by atoms with Crippen molar-refractivity contribution in [3.05, 3.63) is 82.7 Å². The van der Waals surface area contributed by atoms with Crippen LogP contribution in [-0.2, 0) is 12.8 Å². The molecule has 0 spiro atoms. The molecule has 0 saturated heterocycles. The number of halogens is 3. The van der Waals surface area contributed by atoms with Crippen LogP contribution >= 0.6 is 0 Å². The van der Waals surface area contributed by atoms with Crippen LogP contribution in [0.1, 0.15) is 49.3 Å². The minimum absolute atomic E-state index is 0.227. The second kappa shape index (κ2) is 7.83. The lowest BCUT2D eigenvalue weighted by Gasteiger charge is -2.09. The molecule has 0 aromatic heterocycles. The first-order chi connectivity index (χ1) is 13.5. The normalized spacial score (nSPS) is 12.1. The number of hydrogen-bond donors (Lipinski definition) is 0. The van der Waals surface area contributed by atoms with E-state index in [2.05, 4.69) is 25.1 Å². The van der Waals surface area contributed by atoms with Crippen LogP contribution in [0.5, 0.6) is 0 Å². The van der Waals surface area contributed by atoms with Gasteiger partial charge < -0.3 is 0 Å². The van der Waals surface area contributed by atoms with Gasteiger partial charge in [0.2, 0.25) is 0 Å². The lowest BCUT2D eigenvalue weighted by atomic mass is 9.97. The number of fused-ring (bicyclic) bond motifs is 3. The average Bonchev–Trinajstić information content (AvgIpc) is 3.00. The number of benzene rings is 3. The summed E-state index contributed by atoms with van der Waals surface area (Å²) in [5.74, 6) is -1.86. The minimum atomic E-state index is -0.703. The SMILES string of the molecule is CCCCCCc1ccc2c(c1)Cc1cc(-c3cc(F)cc(F)c3)c(F)cc1-2. The molecule has 3 heteroatoms. The molecule has 4 rings (SSSR count). The van der Waals surface area contributed by atoms with E-state index in [4.69, 9.17) is 0 Å². The van der Waals surface area contributed by atoms with E-state index in [9.17, 15) is 13.2 Å². The zero-order valence-corrected chi connectivity index (χ0v) is 16.0. The summed E-state index contributed by atoms with van der Waals surface area (Å²) in [7, 11) is 0. The summed E-state index contributed by atoms with van der Waals surface area (Å²) in [6, 6.07) is 12.8. The molecule has 0 N–H and O–H groups in total. The van der Waals surface area contributed by atoms with E-state index in [-0.39, 0.29) is 11.1 Å². The van der Waals surface area contributed by atoms with Gasteiger partial charge in [0, 0.05) is 11.6 Å². The molecule has 0 fully saturated rings.